The second-order valence-electron chi connectivity index (χ2n) is 7.24. The molecule has 0 unspecified atom stereocenters. The van der Waals surface area contributed by atoms with Crippen LogP contribution in [0.3, 0.4) is 0 Å². The molecule has 2 aliphatic heterocycles. The van der Waals surface area contributed by atoms with Gasteiger partial charge in [0.2, 0.25) is 5.91 Å². The number of carbonyl (C=O) groups is 2. The molecular formula is C19H24ClFN2O3. The predicted octanol–water partition coefficient (Wildman–Crippen LogP) is 3.25. The summed E-state index contributed by atoms with van der Waals surface area (Å²) in [7, 11) is 0. The molecule has 5 nitrogen and oxygen atoms in total. The maximum atomic E-state index is 13.2. The number of piperidine rings is 2. The van der Waals surface area contributed by atoms with Crippen molar-refractivity contribution in [1.82, 2.24) is 9.80 Å². The number of rotatable bonds is 3. The van der Waals surface area contributed by atoms with Crippen LogP contribution in [0.5, 0.6) is 5.75 Å². The maximum absolute atomic E-state index is 13.2. The van der Waals surface area contributed by atoms with Crippen LogP contribution < -0.4 is 4.74 Å². The predicted molar refractivity (Wildman–Crippen MR) is 96.7 cm³/mol. The smallest absolute Gasteiger partial charge is 0.261 e. The first-order valence-corrected chi connectivity index (χ1v) is 9.36. The molecule has 3 rings (SSSR count). The number of benzene rings is 1. The summed E-state index contributed by atoms with van der Waals surface area (Å²) in [4.78, 5) is 28.6. The zero-order chi connectivity index (χ0) is 18.9. The number of hydrogen-bond donors (Lipinski definition) is 0. The molecule has 2 heterocycles. The molecule has 2 saturated heterocycles. The van der Waals surface area contributed by atoms with Gasteiger partial charge in [-0.05, 0) is 44.7 Å². The van der Waals surface area contributed by atoms with Gasteiger partial charge in [-0.1, -0.05) is 11.6 Å². The van der Waals surface area contributed by atoms with Crippen LogP contribution in [0.4, 0.5) is 4.39 Å². The monoisotopic (exact) mass is 382 g/mol. The minimum Gasteiger partial charge on any atom is -0.484 e. The molecule has 1 aromatic rings. The Bertz CT molecular complexity index is 714. The van der Waals surface area contributed by atoms with Gasteiger partial charge in [-0.15, -0.1) is 0 Å². The van der Waals surface area contributed by atoms with Gasteiger partial charge >= 0.3 is 0 Å². The van der Waals surface area contributed by atoms with Crippen LogP contribution in [0.25, 0.3) is 0 Å². The number of amides is 2. The van der Waals surface area contributed by atoms with Gasteiger partial charge in [0.15, 0.2) is 6.61 Å². The van der Waals surface area contributed by atoms with E-state index >= 15 is 0 Å². The van der Waals surface area contributed by atoms with Crippen LogP contribution in [0.1, 0.15) is 39.5 Å². The highest BCUT2D eigenvalue weighted by molar-refractivity contribution is 6.30. The van der Waals surface area contributed by atoms with E-state index in [-0.39, 0.29) is 35.0 Å². The van der Waals surface area contributed by atoms with Crippen molar-refractivity contribution in [2.75, 3.05) is 19.7 Å². The van der Waals surface area contributed by atoms with Crippen LogP contribution in [-0.4, -0.2) is 52.9 Å². The standard InChI is InChI=1S/C19H24ClFN2O3/c1-13(24)22-9-4-8-19(2)17(22)5-3-10-23(19)18(25)12-26-14-6-7-16(21)15(20)11-14/h6-7,11,17H,3-5,8-10,12H2,1-2H3/t17-,19-/m0/s1. The van der Waals surface area contributed by atoms with Gasteiger partial charge in [-0.3, -0.25) is 9.59 Å². The fourth-order valence-corrected chi connectivity index (χ4v) is 4.49. The molecule has 2 fully saturated rings. The molecule has 142 valence electrons. The Morgan fingerprint density at radius 3 is 2.81 bits per heavy atom. The third-order valence-electron chi connectivity index (χ3n) is 5.61. The summed E-state index contributed by atoms with van der Waals surface area (Å²) < 4.78 is 18.8. The van der Waals surface area contributed by atoms with E-state index in [0.717, 1.165) is 32.2 Å². The molecule has 0 aliphatic carbocycles. The lowest BCUT2D eigenvalue weighted by molar-refractivity contribution is -0.156. The van der Waals surface area contributed by atoms with E-state index in [1.165, 1.54) is 18.2 Å². The van der Waals surface area contributed by atoms with Crippen molar-refractivity contribution in [3.05, 3.63) is 29.0 Å². The lowest BCUT2D eigenvalue weighted by atomic mass is 9.76. The molecule has 7 heteroatoms. The zero-order valence-electron chi connectivity index (χ0n) is 15.1. The number of halogens is 2. The average Bonchev–Trinajstić information content (AvgIpc) is 2.60. The molecule has 0 aromatic heterocycles. The van der Waals surface area contributed by atoms with E-state index < -0.39 is 5.82 Å². The number of likely N-dealkylation sites (tertiary alicyclic amines) is 2. The first kappa shape index (κ1) is 19.0. The largest absolute Gasteiger partial charge is 0.484 e. The van der Waals surface area contributed by atoms with Gasteiger partial charge in [0, 0.05) is 26.1 Å². The second-order valence-corrected chi connectivity index (χ2v) is 7.65. The van der Waals surface area contributed by atoms with Crippen LogP contribution in [0, 0.1) is 5.82 Å². The minimum atomic E-state index is -0.525. The summed E-state index contributed by atoms with van der Waals surface area (Å²) >= 11 is 5.75. The summed E-state index contributed by atoms with van der Waals surface area (Å²) in [5.41, 5.74) is -0.372. The maximum Gasteiger partial charge on any atom is 0.261 e. The van der Waals surface area contributed by atoms with Crippen molar-refractivity contribution in [3.63, 3.8) is 0 Å². The summed E-state index contributed by atoms with van der Waals surface area (Å²) in [5, 5.41) is -0.0377. The Balaban J connectivity index is 1.71. The Morgan fingerprint density at radius 1 is 1.35 bits per heavy atom. The van der Waals surface area contributed by atoms with Crippen molar-refractivity contribution in [2.45, 2.75) is 51.1 Å². The van der Waals surface area contributed by atoms with E-state index in [1.54, 1.807) is 6.92 Å². The molecule has 2 amide bonds. The van der Waals surface area contributed by atoms with E-state index in [0.29, 0.717) is 12.3 Å². The Labute approximate surface area is 158 Å². The van der Waals surface area contributed by atoms with Gasteiger partial charge in [0.1, 0.15) is 11.6 Å². The Hall–Kier alpha value is -1.82. The first-order chi connectivity index (χ1) is 12.3. The van der Waals surface area contributed by atoms with E-state index in [2.05, 4.69) is 6.92 Å². The van der Waals surface area contributed by atoms with Gasteiger partial charge in [0.25, 0.3) is 5.91 Å². The fraction of sp³-hybridized carbons (Fsp3) is 0.579. The highest BCUT2D eigenvalue weighted by atomic mass is 35.5. The zero-order valence-corrected chi connectivity index (χ0v) is 15.9. The van der Waals surface area contributed by atoms with Gasteiger partial charge < -0.3 is 14.5 Å². The average molecular weight is 383 g/mol. The lowest BCUT2D eigenvalue weighted by Crippen LogP contribution is -2.68. The number of carbonyl (C=O) groups excluding carboxylic acids is 2. The number of hydrogen-bond acceptors (Lipinski definition) is 3. The third-order valence-corrected chi connectivity index (χ3v) is 5.90. The number of nitrogens with zero attached hydrogens (tertiary/aromatic N) is 2. The van der Waals surface area contributed by atoms with E-state index in [9.17, 15) is 14.0 Å². The minimum absolute atomic E-state index is 0.0377. The van der Waals surface area contributed by atoms with Crippen LogP contribution in [0.2, 0.25) is 5.02 Å². The van der Waals surface area contributed by atoms with Gasteiger partial charge in [0.05, 0.1) is 16.6 Å². The third kappa shape index (κ3) is 3.52. The van der Waals surface area contributed by atoms with E-state index in [4.69, 9.17) is 16.3 Å². The van der Waals surface area contributed by atoms with Crippen molar-refractivity contribution in [1.29, 1.82) is 0 Å². The van der Waals surface area contributed by atoms with Gasteiger partial charge in [-0.2, -0.15) is 0 Å². The van der Waals surface area contributed by atoms with E-state index in [1.807, 2.05) is 9.80 Å². The SMILES string of the molecule is CC(=O)N1CCC[C@@]2(C)[C@@H]1CCCN2C(=O)COc1ccc(F)c(Cl)c1. The van der Waals surface area contributed by atoms with Crippen LogP contribution >= 0.6 is 11.6 Å². The normalized spacial score (nSPS) is 25.6. The molecule has 2 atom stereocenters. The molecule has 0 N–H and O–H groups in total. The number of fused-ring (bicyclic) bond motifs is 1. The Morgan fingerprint density at radius 2 is 2.12 bits per heavy atom. The molecule has 1 aromatic carbocycles. The first-order valence-electron chi connectivity index (χ1n) is 8.98. The molecule has 0 saturated carbocycles. The van der Waals surface area contributed by atoms with Crippen LogP contribution in [0.15, 0.2) is 18.2 Å². The summed E-state index contributed by atoms with van der Waals surface area (Å²) in [6, 6.07) is 4.08. The topological polar surface area (TPSA) is 49.9 Å². The second kappa shape index (κ2) is 7.43. The Kier molecular flexibility index (Phi) is 5.42. The molecule has 0 spiro atoms. The molecule has 0 bridgehead atoms. The summed E-state index contributed by atoms with van der Waals surface area (Å²) in [6.45, 7) is 4.93. The molecule has 2 aliphatic rings. The summed E-state index contributed by atoms with van der Waals surface area (Å²) in [5.74, 6) is -0.226. The lowest BCUT2D eigenvalue weighted by Gasteiger charge is -2.56. The van der Waals surface area contributed by atoms with Crippen molar-refractivity contribution in [3.8, 4) is 5.75 Å². The molecular weight excluding hydrogens is 359 g/mol. The summed E-state index contributed by atoms with van der Waals surface area (Å²) in [6.07, 6.45) is 3.52. The number of ether oxygens (including phenoxy) is 1. The highest BCUT2D eigenvalue weighted by Gasteiger charge is 2.49. The molecule has 26 heavy (non-hydrogen) atoms. The van der Waals surface area contributed by atoms with Crippen molar-refractivity contribution in [2.24, 2.45) is 0 Å². The fourth-order valence-electron chi connectivity index (χ4n) is 4.32. The van der Waals surface area contributed by atoms with Gasteiger partial charge in [-0.25, -0.2) is 4.39 Å². The molecule has 0 radical (unpaired) electrons. The quantitative estimate of drug-likeness (QED) is 0.806. The van der Waals surface area contributed by atoms with Crippen molar-refractivity contribution >= 4 is 23.4 Å². The van der Waals surface area contributed by atoms with Crippen LogP contribution in [-0.2, 0) is 9.59 Å². The highest BCUT2D eigenvalue weighted by Crippen LogP contribution is 2.39. The van der Waals surface area contributed by atoms with Crippen molar-refractivity contribution < 1.29 is 18.7 Å².